The molecule has 0 amide bonds. The lowest BCUT2D eigenvalue weighted by atomic mass is 10.1. The quantitative estimate of drug-likeness (QED) is 0.584. The maximum atomic E-state index is 5.15. The van der Waals surface area contributed by atoms with E-state index in [1.807, 2.05) is 0 Å². The summed E-state index contributed by atoms with van der Waals surface area (Å²) in [5.41, 5.74) is 5.78. The Balaban J connectivity index is 2.00. The molecule has 1 heterocycles. The van der Waals surface area contributed by atoms with E-state index in [9.17, 15) is 0 Å². The van der Waals surface area contributed by atoms with Gasteiger partial charge in [-0.25, -0.2) is 5.43 Å². The van der Waals surface area contributed by atoms with E-state index in [0.717, 1.165) is 13.2 Å². The Labute approximate surface area is 74.8 Å². The molecule has 0 bridgehead atoms. The maximum absolute atomic E-state index is 5.15. The van der Waals surface area contributed by atoms with E-state index in [1.165, 1.54) is 44.9 Å². The SMILES string of the molecule is C1CCCCNNOCCCC1. The minimum absolute atomic E-state index is 0.826. The van der Waals surface area contributed by atoms with Crippen molar-refractivity contribution in [2.75, 3.05) is 13.2 Å². The summed E-state index contributed by atoms with van der Waals surface area (Å²) in [5.74, 6) is 0. The van der Waals surface area contributed by atoms with Gasteiger partial charge in [0.05, 0.1) is 6.61 Å². The second-order valence-electron chi connectivity index (χ2n) is 3.35. The highest BCUT2D eigenvalue weighted by molar-refractivity contribution is 4.48. The summed E-state index contributed by atoms with van der Waals surface area (Å²) < 4.78 is 0. The second-order valence-corrected chi connectivity index (χ2v) is 3.35. The van der Waals surface area contributed by atoms with Gasteiger partial charge in [0.15, 0.2) is 0 Å². The fourth-order valence-electron chi connectivity index (χ4n) is 1.42. The van der Waals surface area contributed by atoms with Crippen molar-refractivity contribution < 1.29 is 4.84 Å². The van der Waals surface area contributed by atoms with Crippen molar-refractivity contribution in [1.29, 1.82) is 0 Å². The van der Waals surface area contributed by atoms with Gasteiger partial charge in [-0.1, -0.05) is 32.1 Å². The van der Waals surface area contributed by atoms with Gasteiger partial charge in [0.1, 0.15) is 0 Å². The molecule has 72 valence electrons. The van der Waals surface area contributed by atoms with Crippen LogP contribution in [0, 0.1) is 0 Å². The molecule has 2 N–H and O–H groups in total. The largest absolute Gasteiger partial charge is 0.287 e. The topological polar surface area (TPSA) is 33.3 Å². The van der Waals surface area contributed by atoms with Crippen LogP contribution in [0.5, 0.6) is 0 Å². The van der Waals surface area contributed by atoms with Crippen LogP contribution in [0.15, 0.2) is 0 Å². The van der Waals surface area contributed by atoms with Gasteiger partial charge in [-0.05, 0) is 12.8 Å². The van der Waals surface area contributed by atoms with Crippen molar-refractivity contribution in [3.8, 4) is 0 Å². The molecular weight excluding hydrogens is 152 g/mol. The predicted octanol–water partition coefficient (Wildman–Crippen LogP) is 1.76. The van der Waals surface area contributed by atoms with Gasteiger partial charge >= 0.3 is 0 Å². The Morgan fingerprint density at radius 2 is 1.42 bits per heavy atom. The summed E-state index contributed by atoms with van der Waals surface area (Å²) in [6.07, 6.45) is 9.23. The van der Waals surface area contributed by atoms with Crippen molar-refractivity contribution >= 4 is 0 Å². The van der Waals surface area contributed by atoms with Crippen LogP contribution in [0.25, 0.3) is 0 Å². The van der Waals surface area contributed by atoms with Crippen LogP contribution >= 0.6 is 0 Å². The van der Waals surface area contributed by atoms with Crippen molar-refractivity contribution in [2.45, 2.75) is 44.9 Å². The molecule has 1 aliphatic rings. The monoisotopic (exact) mass is 172 g/mol. The Kier molecular flexibility index (Phi) is 6.25. The molecule has 0 unspecified atom stereocenters. The van der Waals surface area contributed by atoms with E-state index in [0.29, 0.717) is 0 Å². The zero-order valence-electron chi connectivity index (χ0n) is 7.77. The molecule has 0 radical (unpaired) electrons. The molecule has 1 fully saturated rings. The number of hydrogen-bond donors (Lipinski definition) is 2. The van der Waals surface area contributed by atoms with Crippen LogP contribution in [-0.4, -0.2) is 13.2 Å². The first-order valence-electron chi connectivity index (χ1n) is 5.10. The highest BCUT2D eigenvalue weighted by Crippen LogP contribution is 2.06. The van der Waals surface area contributed by atoms with E-state index in [-0.39, 0.29) is 0 Å². The molecular formula is C9H20N2O. The summed E-state index contributed by atoms with van der Waals surface area (Å²) in [6.45, 7) is 1.84. The third kappa shape index (κ3) is 5.52. The number of nitrogens with one attached hydrogen (secondary N) is 2. The minimum atomic E-state index is 0.826. The summed E-state index contributed by atoms with van der Waals surface area (Å²) in [7, 11) is 0. The van der Waals surface area contributed by atoms with Crippen molar-refractivity contribution in [3.05, 3.63) is 0 Å². The second kappa shape index (κ2) is 7.53. The summed E-state index contributed by atoms with van der Waals surface area (Å²) in [5, 5.41) is 0. The average molecular weight is 172 g/mol. The smallest absolute Gasteiger partial charge is 0.0698 e. The Bertz CT molecular complexity index is 55.5. The van der Waals surface area contributed by atoms with E-state index in [1.54, 1.807) is 0 Å². The summed E-state index contributed by atoms with van der Waals surface area (Å²) in [4.78, 5) is 5.15. The van der Waals surface area contributed by atoms with E-state index in [4.69, 9.17) is 4.84 Å². The first-order valence-corrected chi connectivity index (χ1v) is 5.10. The molecule has 0 aromatic rings. The Morgan fingerprint density at radius 3 is 2.25 bits per heavy atom. The third-order valence-corrected chi connectivity index (χ3v) is 2.19. The first-order chi connectivity index (χ1) is 6.00. The van der Waals surface area contributed by atoms with Crippen LogP contribution in [-0.2, 0) is 4.84 Å². The molecule has 0 atom stereocenters. The van der Waals surface area contributed by atoms with Crippen molar-refractivity contribution in [2.24, 2.45) is 0 Å². The molecule has 0 aromatic carbocycles. The van der Waals surface area contributed by atoms with Gasteiger partial charge in [-0.15, -0.1) is 5.59 Å². The van der Waals surface area contributed by atoms with Gasteiger partial charge in [0.2, 0.25) is 0 Å². The van der Waals surface area contributed by atoms with Gasteiger partial charge in [-0.2, -0.15) is 0 Å². The molecule has 0 spiro atoms. The van der Waals surface area contributed by atoms with Crippen LogP contribution < -0.4 is 11.0 Å². The van der Waals surface area contributed by atoms with E-state index < -0.39 is 0 Å². The van der Waals surface area contributed by atoms with Crippen LogP contribution in [0.1, 0.15) is 44.9 Å². The molecule has 12 heavy (non-hydrogen) atoms. The van der Waals surface area contributed by atoms with Crippen LogP contribution in [0.4, 0.5) is 0 Å². The van der Waals surface area contributed by atoms with Crippen molar-refractivity contribution in [3.63, 3.8) is 0 Å². The minimum Gasteiger partial charge on any atom is -0.287 e. The zero-order chi connectivity index (χ0) is 8.49. The Morgan fingerprint density at radius 1 is 0.750 bits per heavy atom. The van der Waals surface area contributed by atoms with E-state index in [2.05, 4.69) is 11.0 Å². The lowest BCUT2D eigenvalue weighted by Gasteiger charge is -2.09. The van der Waals surface area contributed by atoms with Crippen LogP contribution in [0.2, 0.25) is 0 Å². The highest BCUT2D eigenvalue weighted by atomic mass is 16.7. The number of rotatable bonds is 0. The molecule has 1 aliphatic heterocycles. The van der Waals surface area contributed by atoms with Crippen molar-refractivity contribution in [1.82, 2.24) is 11.0 Å². The third-order valence-electron chi connectivity index (χ3n) is 2.19. The standard InChI is InChI=1S/C9H20N2O/c1-2-4-6-8-10-11-12-9-7-5-3-1/h10-11H,1-9H2. The normalized spacial score (nSPS) is 24.0. The highest BCUT2D eigenvalue weighted by Gasteiger charge is 1.94. The average Bonchev–Trinajstić information content (AvgIpc) is 2.05. The maximum Gasteiger partial charge on any atom is 0.0698 e. The van der Waals surface area contributed by atoms with Crippen LogP contribution in [0.3, 0.4) is 0 Å². The van der Waals surface area contributed by atoms with Gasteiger partial charge in [-0.3, -0.25) is 4.84 Å². The molecule has 3 heteroatoms. The first kappa shape index (κ1) is 9.96. The Hall–Kier alpha value is -0.120. The van der Waals surface area contributed by atoms with E-state index >= 15 is 0 Å². The fraction of sp³-hybridized carbons (Fsp3) is 1.00. The predicted molar refractivity (Wildman–Crippen MR) is 49.4 cm³/mol. The molecule has 0 aliphatic carbocycles. The van der Waals surface area contributed by atoms with Gasteiger partial charge in [0, 0.05) is 6.54 Å². The molecule has 3 nitrogen and oxygen atoms in total. The molecule has 0 aromatic heterocycles. The summed E-state index contributed by atoms with van der Waals surface area (Å²) in [6, 6.07) is 0. The lowest BCUT2D eigenvalue weighted by molar-refractivity contribution is 0.00806. The molecule has 1 saturated heterocycles. The number of hydrazine groups is 1. The number of hydrogen-bond acceptors (Lipinski definition) is 3. The zero-order valence-corrected chi connectivity index (χ0v) is 7.77. The van der Waals surface area contributed by atoms with Gasteiger partial charge < -0.3 is 0 Å². The van der Waals surface area contributed by atoms with Gasteiger partial charge in [0.25, 0.3) is 0 Å². The summed E-state index contributed by atoms with van der Waals surface area (Å²) >= 11 is 0. The molecule has 1 rings (SSSR count). The molecule has 0 saturated carbocycles. The lowest BCUT2D eigenvalue weighted by Crippen LogP contribution is -2.33. The fourth-order valence-corrected chi connectivity index (χ4v) is 1.42.